The molecule has 4 nitrogen and oxygen atoms in total. The minimum Gasteiger partial charge on any atom is -0.384 e. The van der Waals surface area contributed by atoms with Gasteiger partial charge in [-0.1, -0.05) is 41.5 Å². The van der Waals surface area contributed by atoms with E-state index in [4.69, 9.17) is 0 Å². The van der Waals surface area contributed by atoms with Crippen molar-refractivity contribution in [3.63, 3.8) is 0 Å². The van der Waals surface area contributed by atoms with Gasteiger partial charge in [-0.15, -0.1) is 0 Å². The summed E-state index contributed by atoms with van der Waals surface area (Å²) >= 11 is 0. The Bertz CT molecular complexity index is 434. The molecular formula is C22H46MnN2O2+2. The molecule has 0 saturated heterocycles. The Morgan fingerprint density at radius 3 is 0.778 bits per heavy atom. The van der Waals surface area contributed by atoms with Crippen LogP contribution in [0.2, 0.25) is 0 Å². The number of hydrogen-bond donors (Lipinski definition) is 2. The molecule has 0 amide bonds. The first kappa shape index (κ1) is 31.5. The first-order chi connectivity index (χ1) is 10.9. The molecule has 0 aliphatic rings. The molecule has 5 heteroatoms. The number of aliphatic imine (C=N–C) groups is 2. The van der Waals surface area contributed by atoms with E-state index < -0.39 is 11.2 Å². The summed E-state index contributed by atoms with van der Waals surface area (Å²) in [4.78, 5) is 8.64. The van der Waals surface area contributed by atoms with Crippen molar-refractivity contribution >= 4 is 12.4 Å². The molecule has 0 rings (SSSR count). The summed E-state index contributed by atoms with van der Waals surface area (Å²) in [6, 6.07) is 0. The van der Waals surface area contributed by atoms with Gasteiger partial charge in [0.2, 0.25) is 0 Å². The third-order valence-electron chi connectivity index (χ3n) is 4.44. The molecule has 0 spiro atoms. The van der Waals surface area contributed by atoms with Crippen LogP contribution in [0.25, 0.3) is 0 Å². The van der Waals surface area contributed by atoms with E-state index in [1.54, 1.807) is 26.3 Å². The quantitative estimate of drug-likeness (QED) is 0.466. The Hall–Kier alpha value is -0.221. The van der Waals surface area contributed by atoms with Crippen LogP contribution in [0.15, 0.2) is 9.98 Å². The Kier molecular flexibility index (Phi) is 11.7. The third-order valence-corrected chi connectivity index (χ3v) is 4.44. The second kappa shape index (κ2) is 10.0. The predicted octanol–water partition coefficient (Wildman–Crippen LogP) is 5.30. The molecule has 0 aromatic heterocycles. The molecular weight excluding hydrogens is 379 g/mol. The van der Waals surface area contributed by atoms with E-state index in [1.807, 2.05) is 83.1 Å². The Balaban J connectivity index is -0.000000411. The third kappa shape index (κ3) is 14.4. The Morgan fingerprint density at radius 2 is 0.667 bits per heavy atom. The molecule has 0 bridgehead atoms. The fraction of sp³-hybridized carbons (Fsp3) is 0.909. The molecule has 1 radical (unpaired) electrons. The number of nitrogens with zero attached hydrogens (tertiary/aromatic N) is 2. The molecule has 27 heavy (non-hydrogen) atoms. The first-order valence-electron chi connectivity index (χ1n) is 9.49. The summed E-state index contributed by atoms with van der Waals surface area (Å²) in [6.07, 6.45) is 3.32. The normalized spacial score (nSPS) is 18.4. The molecule has 0 aromatic carbocycles. The van der Waals surface area contributed by atoms with Crippen LogP contribution in [0.5, 0.6) is 0 Å². The van der Waals surface area contributed by atoms with Gasteiger partial charge in [0.05, 0.1) is 11.1 Å². The maximum atomic E-state index is 10.1. The fourth-order valence-electron chi connectivity index (χ4n) is 1.03. The van der Waals surface area contributed by atoms with Crippen LogP contribution in [0.4, 0.5) is 0 Å². The van der Waals surface area contributed by atoms with Crippen LogP contribution in [0, 0.1) is 10.8 Å². The van der Waals surface area contributed by atoms with Gasteiger partial charge in [-0.2, -0.15) is 0 Å². The zero-order valence-electron chi connectivity index (χ0n) is 20.3. The average Bonchev–Trinajstić information content (AvgIpc) is 2.31. The van der Waals surface area contributed by atoms with Crippen molar-refractivity contribution in [2.75, 3.05) is 0 Å². The van der Waals surface area contributed by atoms with E-state index in [1.165, 1.54) is 0 Å². The van der Waals surface area contributed by atoms with Crippen molar-refractivity contribution in [1.29, 1.82) is 0 Å². The van der Waals surface area contributed by atoms with E-state index in [-0.39, 0.29) is 39.0 Å². The van der Waals surface area contributed by atoms with E-state index in [0.717, 1.165) is 0 Å². The molecule has 2 N–H and O–H groups in total. The standard InChI is InChI=1S/2C11H23NO.Mn/c2*1-9(2,3)11(7,13)8-12-10(4,5)6;/h2*8,13H,1-7H3;/q;;+2. The monoisotopic (exact) mass is 425 g/mol. The molecule has 0 saturated carbocycles. The van der Waals surface area contributed by atoms with Crippen LogP contribution in [0.1, 0.15) is 96.9 Å². The minimum atomic E-state index is -0.847. The summed E-state index contributed by atoms with van der Waals surface area (Å²) in [5.74, 6) is 0. The molecule has 161 valence electrons. The van der Waals surface area contributed by atoms with Crippen molar-refractivity contribution in [3.05, 3.63) is 0 Å². The second-order valence-electron chi connectivity index (χ2n) is 11.7. The molecule has 0 aliphatic heterocycles. The molecule has 0 heterocycles. The zero-order chi connectivity index (χ0) is 21.8. The van der Waals surface area contributed by atoms with Gasteiger partial charge in [0, 0.05) is 12.4 Å². The van der Waals surface area contributed by atoms with Crippen LogP contribution in [-0.2, 0) is 17.1 Å². The average molecular weight is 426 g/mol. The number of aliphatic hydroxyl groups is 2. The molecule has 0 fully saturated rings. The summed E-state index contributed by atoms with van der Waals surface area (Å²) in [7, 11) is 0. The van der Waals surface area contributed by atoms with Crippen LogP contribution < -0.4 is 0 Å². The fourth-order valence-corrected chi connectivity index (χ4v) is 1.03. The van der Waals surface area contributed by atoms with Crippen molar-refractivity contribution in [2.45, 2.75) is 119 Å². The van der Waals surface area contributed by atoms with Crippen LogP contribution in [0.3, 0.4) is 0 Å². The van der Waals surface area contributed by atoms with Gasteiger partial charge in [0.1, 0.15) is 11.2 Å². The summed E-state index contributed by atoms with van der Waals surface area (Å²) in [5.41, 5.74) is -2.28. The Morgan fingerprint density at radius 1 is 0.481 bits per heavy atom. The van der Waals surface area contributed by atoms with Crippen LogP contribution in [-0.4, -0.2) is 44.9 Å². The SMILES string of the molecule is CC(C)(C)N=CC(C)(O)C(C)(C)C.CC(C)(C)N=CC(C)(O)C(C)(C)C.[Mn+2]. The van der Waals surface area contributed by atoms with Crippen molar-refractivity contribution in [1.82, 2.24) is 0 Å². The smallest absolute Gasteiger partial charge is 0.384 e. The summed E-state index contributed by atoms with van der Waals surface area (Å²) in [5, 5.41) is 20.1. The first-order valence-corrected chi connectivity index (χ1v) is 9.49. The summed E-state index contributed by atoms with van der Waals surface area (Å²) < 4.78 is 0. The van der Waals surface area contributed by atoms with Gasteiger partial charge < -0.3 is 10.2 Å². The largest absolute Gasteiger partial charge is 2.00 e. The molecule has 2 atom stereocenters. The summed E-state index contributed by atoms with van der Waals surface area (Å²) in [6.45, 7) is 27.7. The second-order valence-corrected chi connectivity index (χ2v) is 11.7. The van der Waals surface area contributed by atoms with Gasteiger partial charge in [-0.25, -0.2) is 0 Å². The zero-order valence-corrected chi connectivity index (χ0v) is 21.5. The predicted molar refractivity (Wildman–Crippen MR) is 117 cm³/mol. The van der Waals surface area contributed by atoms with E-state index in [0.29, 0.717) is 0 Å². The van der Waals surface area contributed by atoms with Gasteiger partial charge in [0.25, 0.3) is 0 Å². The van der Waals surface area contributed by atoms with Crippen molar-refractivity contribution in [3.8, 4) is 0 Å². The van der Waals surface area contributed by atoms with E-state index in [2.05, 4.69) is 9.98 Å². The maximum absolute atomic E-state index is 10.1. The number of hydrogen-bond acceptors (Lipinski definition) is 4. The molecule has 0 aromatic rings. The Labute approximate surface area is 179 Å². The molecule has 2 unspecified atom stereocenters. The van der Waals surface area contributed by atoms with Crippen molar-refractivity contribution in [2.24, 2.45) is 20.8 Å². The maximum Gasteiger partial charge on any atom is 2.00 e. The number of rotatable bonds is 2. The van der Waals surface area contributed by atoms with Crippen LogP contribution >= 0.6 is 0 Å². The van der Waals surface area contributed by atoms with Crippen molar-refractivity contribution < 1.29 is 27.3 Å². The van der Waals surface area contributed by atoms with Gasteiger partial charge >= 0.3 is 17.1 Å². The van der Waals surface area contributed by atoms with Gasteiger partial charge in [-0.05, 0) is 66.2 Å². The van der Waals surface area contributed by atoms with Gasteiger partial charge in [-0.3, -0.25) is 9.98 Å². The van der Waals surface area contributed by atoms with E-state index >= 15 is 0 Å². The van der Waals surface area contributed by atoms with Gasteiger partial charge in [0.15, 0.2) is 0 Å². The van der Waals surface area contributed by atoms with E-state index in [9.17, 15) is 10.2 Å². The topological polar surface area (TPSA) is 65.2 Å². The molecule has 0 aliphatic carbocycles. The minimum absolute atomic E-state index is 0.